The molecule has 6 heterocycles. The molecule has 2 unspecified atom stereocenters. The lowest BCUT2D eigenvalue weighted by atomic mass is 9.95. The third-order valence-corrected chi connectivity index (χ3v) is 9.57. The molecule has 2 bridgehead atoms. The molecule has 4 atom stereocenters. The Kier molecular flexibility index (Phi) is 6.98. The van der Waals surface area contributed by atoms with Crippen molar-refractivity contribution >= 4 is 34.1 Å². The minimum atomic E-state index is -5.07. The molecular formula is C29H28ClF5N8O. The molecule has 0 radical (unpaired) electrons. The van der Waals surface area contributed by atoms with Crippen LogP contribution in [0.5, 0.6) is 6.01 Å². The van der Waals surface area contributed by atoms with Gasteiger partial charge in [-0.2, -0.15) is 28.4 Å². The smallest absolute Gasteiger partial charge is 0.419 e. The summed E-state index contributed by atoms with van der Waals surface area (Å²) in [5.74, 6) is -1.26. The summed E-state index contributed by atoms with van der Waals surface area (Å²) in [6, 6.07) is 3.76. The molecule has 44 heavy (non-hydrogen) atoms. The number of nitrogen functional groups attached to an aromatic ring is 1. The second kappa shape index (κ2) is 10.5. The molecule has 2 aromatic heterocycles. The maximum Gasteiger partial charge on any atom is 0.419 e. The number of hydrogen-bond acceptors (Lipinski definition) is 9. The van der Waals surface area contributed by atoms with Gasteiger partial charge in [0.25, 0.3) is 0 Å². The second-order valence-electron chi connectivity index (χ2n) is 12.1. The highest BCUT2D eigenvalue weighted by Gasteiger charge is 2.49. The fourth-order valence-electron chi connectivity index (χ4n) is 7.42. The summed E-state index contributed by atoms with van der Waals surface area (Å²) in [6.45, 7) is 2.25. The van der Waals surface area contributed by atoms with Crippen LogP contribution < -0.4 is 20.7 Å². The largest absolute Gasteiger partial charge is 0.461 e. The molecule has 4 saturated heterocycles. The van der Waals surface area contributed by atoms with Crippen molar-refractivity contribution in [2.75, 3.05) is 43.4 Å². The zero-order valence-corrected chi connectivity index (χ0v) is 24.2. The average molecular weight is 635 g/mol. The highest BCUT2D eigenvalue weighted by Crippen LogP contribution is 2.45. The van der Waals surface area contributed by atoms with E-state index in [-0.39, 0.29) is 40.6 Å². The normalized spacial score (nSPS) is 26.8. The van der Waals surface area contributed by atoms with E-state index in [2.05, 4.69) is 25.2 Å². The van der Waals surface area contributed by atoms with Gasteiger partial charge in [-0.3, -0.25) is 4.90 Å². The minimum Gasteiger partial charge on any atom is -0.461 e. The van der Waals surface area contributed by atoms with E-state index >= 15 is 4.39 Å². The number of rotatable bonds is 5. The zero-order valence-electron chi connectivity index (χ0n) is 23.4. The van der Waals surface area contributed by atoms with E-state index in [0.29, 0.717) is 31.9 Å². The van der Waals surface area contributed by atoms with Gasteiger partial charge in [0.15, 0.2) is 5.82 Å². The number of aromatic nitrogens is 3. The van der Waals surface area contributed by atoms with Gasteiger partial charge >= 0.3 is 12.2 Å². The molecule has 232 valence electrons. The number of anilines is 2. The molecule has 4 aliphatic rings. The second-order valence-corrected chi connectivity index (χ2v) is 12.5. The van der Waals surface area contributed by atoms with Gasteiger partial charge < -0.3 is 20.7 Å². The fraction of sp³-hybridized carbons (Fsp3) is 0.517. The van der Waals surface area contributed by atoms with Crippen molar-refractivity contribution in [3.05, 3.63) is 34.1 Å². The predicted molar refractivity (Wildman–Crippen MR) is 153 cm³/mol. The zero-order chi connectivity index (χ0) is 31.0. The number of nitrogens with one attached hydrogen (secondary N) is 1. The van der Waals surface area contributed by atoms with Crippen LogP contribution in [0, 0.1) is 17.1 Å². The molecule has 0 aliphatic carbocycles. The lowest BCUT2D eigenvalue weighted by Gasteiger charge is -2.34. The molecule has 0 spiro atoms. The number of ether oxygens (including phenoxy) is 1. The molecule has 4 fully saturated rings. The molecule has 0 saturated carbocycles. The van der Waals surface area contributed by atoms with E-state index in [9.17, 15) is 22.8 Å². The molecule has 3 N–H and O–H groups in total. The number of fused-ring (bicyclic) bond motifs is 4. The average Bonchev–Trinajstić information content (AvgIpc) is 3.61. The first kappa shape index (κ1) is 29.2. The van der Waals surface area contributed by atoms with Crippen LogP contribution in [0.4, 0.5) is 33.6 Å². The van der Waals surface area contributed by atoms with Gasteiger partial charge in [-0.05, 0) is 44.4 Å². The Hall–Kier alpha value is -3.54. The number of pyridine rings is 1. The summed E-state index contributed by atoms with van der Waals surface area (Å²) in [5, 5.41) is 12.8. The maximum absolute atomic E-state index is 16.6. The van der Waals surface area contributed by atoms with Gasteiger partial charge in [0, 0.05) is 43.5 Å². The number of nitrogens with two attached hydrogens (primary N) is 1. The first-order valence-electron chi connectivity index (χ1n) is 14.5. The molecule has 0 amide bonds. The van der Waals surface area contributed by atoms with Gasteiger partial charge in [0.2, 0.25) is 0 Å². The van der Waals surface area contributed by atoms with E-state index in [1.54, 1.807) is 0 Å². The molecular weight excluding hydrogens is 607 g/mol. The topological polar surface area (TPSA) is 116 Å². The van der Waals surface area contributed by atoms with Crippen LogP contribution in [0.3, 0.4) is 0 Å². The van der Waals surface area contributed by atoms with E-state index in [0.717, 1.165) is 38.3 Å². The van der Waals surface area contributed by atoms with Crippen LogP contribution in [0.25, 0.3) is 22.2 Å². The van der Waals surface area contributed by atoms with Gasteiger partial charge in [-0.15, -0.1) is 0 Å². The summed E-state index contributed by atoms with van der Waals surface area (Å²) in [4.78, 5) is 16.8. The standard InChI is InChI=1S/C29H28ClF5N8O/c30-19-7-18-24(23(32)21(19)25-22(29(33,34)35)14(9-36)6-20(37)39-25)40-27(41-26(18)42-11-16-2-3-17(12-42)38-16)44-13-28-4-1-5-43(28)10-15(31)8-28/h6-7,15-17,38H,1-5,8,10-13H2,(H2,37,39)/t15-,16?,17?,28+/m1/s1. The quantitative estimate of drug-likeness (QED) is 0.380. The van der Waals surface area contributed by atoms with Gasteiger partial charge in [0.05, 0.1) is 39.0 Å². The molecule has 4 aliphatic heterocycles. The lowest BCUT2D eigenvalue weighted by Crippen LogP contribution is -2.51. The van der Waals surface area contributed by atoms with Crippen molar-refractivity contribution in [3.8, 4) is 23.3 Å². The monoisotopic (exact) mass is 634 g/mol. The van der Waals surface area contributed by atoms with Crippen molar-refractivity contribution in [1.82, 2.24) is 25.2 Å². The van der Waals surface area contributed by atoms with Crippen LogP contribution >= 0.6 is 11.6 Å². The van der Waals surface area contributed by atoms with E-state index in [1.807, 2.05) is 4.90 Å². The number of nitriles is 1. The van der Waals surface area contributed by atoms with Crippen LogP contribution in [0.1, 0.15) is 43.2 Å². The molecule has 15 heteroatoms. The van der Waals surface area contributed by atoms with E-state index < -0.39 is 51.9 Å². The van der Waals surface area contributed by atoms with Gasteiger partial charge in [-0.1, -0.05) is 11.6 Å². The third-order valence-electron chi connectivity index (χ3n) is 9.27. The molecule has 9 nitrogen and oxygen atoms in total. The number of halogens is 6. The van der Waals surface area contributed by atoms with Crippen LogP contribution in [-0.4, -0.2) is 76.4 Å². The van der Waals surface area contributed by atoms with Gasteiger partial charge in [-0.25, -0.2) is 13.8 Å². The number of hydrogen-bond donors (Lipinski definition) is 2. The Labute approximate surface area is 254 Å². The Morgan fingerprint density at radius 2 is 1.91 bits per heavy atom. The van der Waals surface area contributed by atoms with E-state index in [1.165, 1.54) is 12.1 Å². The fourth-order valence-corrected chi connectivity index (χ4v) is 7.70. The summed E-state index contributed by atoms with van der Waals surface area (Å²) in [5.41, 5.74) is 1.01. The maximum atomic E-state index is 16.6. The summed E-state index contributed by atoms with van der Waals surface area (Å²) >= 11 is 6.52. The van der Waals surface area contributed by atoms with Crippen LogP contribution in [-0.2, 0) is 6.18 Å². The van der Waals surface area contributed by atoms with Crippen molar-refractivity contribution < 1.29 is 26.7 Å². The van der Waals surface area contributed by atoms with Crippen molar-refractivity contribution in [2.24, 2.45) is 0 Å². The number of nitrogens with zero attached hydrogens (tertiary/aromatic N) is 6. The van der Waals surface area contributed by atoms with Gasteiger partial charge in [0.1, 0.15) is 29.9 Å². The Balaban J connectivity index is 1.39. The van der Waals surface area contributed by atoms with E-state index in [4.69, 9.17) is 22.1 Å². The minimum absolute atomic E-state index is 0.0771. The molecule has 1 aromatic carbocycles. The third kappa shape index (κ3) is 4.85. The Morgan fingerprint density at radius 1 is 1.16 bits per heavy atom. The predicted octanol–water partition coefficient (Wildman–Crippen LogP) is 4.85. The first-order chi connectivity index (χ1) is 21.0. The number of benzene rings is 1. The molecule has 7 rings (SSSR count). The lowest BCUT2D eigenvalue weighted by molar-refractivity contribution is -0.137. The molecule has 3 aromatic rings. The Morgan fingerprint density at radius 3 is 2.61 bits per heavy atom. The summed E-state index contributed by atoms with van der Waals surface area (Å²) in [7, 11) is 0. The first-order valence-corrected chi connectivity index (χ1v) is 14.8. The van der Waals surface area contributed by atoms with Crippen molar-refractivity contribution in [2.45, 2.75) is 62.1 Å². The van der Waals surface area contributed by atoms with Crippen LogP contribution in [0.15, 0.2) is 12.1 Å². The van der Waals surface area contributed by atoms with Crippen molar-refractivity contribution in [1.29, 1.82) is 5.26 Å². The number of alkyl halides is 4. The Bertz CT molecular complexity index is 1690. The summed E-state index contributed by atoms with van der Waals surface area (Å²) in [6.07, 6.45) is -2.23. The van der Waals surface area contributed by atoms with Crippen LogP contribution in [0.2, 0.25) is 5.02 Å². The van der Waals surface area contributed by atoms with Crippen molar-refractivity contribution in [3.63, 3.8) is 0 Å². The summed E-state index contributed by atoms with van der Waals surface area (Å²) < 4.78 is 79.8. The highest BCUT2D eigenvalue weighted by molar-refractivity contribution is 6.34. The highest BCUT2D eigenvalue weighted by atomic mass is 35.5. The SMILES string of the molecule is N#Cc1cc(N)nc(-c2c(Cl)cc3c(N4CC5CCC(C4)N5)nc(OC[C@@]45CCCN4C[C@H](F)C5)nc3c2F)c1C(F)(F)F. The number of piperazine rings is 1.